The highest BCUT2D eigenvalue weighted by Gasteiger charge is 2.19. The van der Waals surface area contributed by atoms with Crippen LogP contribution in [0.25, 0.3) is 0 Å². The van der Waals surface area contributed by atoms with Crippen molar-refractivity contribution in [1.29, 1.82) is 0 Å². The largest absolute Gasteiger partial charge is 0.491 e. The molecule has 2 aromatic rings. The van der Waals surface area contributed by atoms with Crippen molar-refractivity contribution in [1.82, 2.24) is 0 Å². The summed E-state index contributed by atoms with van der Waals surface area (Å²) < 4.78 is 19.6. The molecule has 0 aliphatic carbocycles. The van der Waals surface area contributed by atoms with E-state index in [1.165, 1.54) is 12.1 Å². The van der Waals surface area contributed by atoms with E-state index in [1.54, 1.807) is 6.07 Å². The highest BCUT2D eigenvalue weighted by molar-refractivity contribution is 5.88. The summed E-state index contributed by atoms with van der Waals surface area (Å²) >= 11 is 0. The first kappa shape index (κ1) is 13.4. The number of anilines is 2. The van der Waals surface area contributed by atoms with Crippen molar-refractivity contribution in [3.05, 3.63) is 53.8 Å². The van der Waals surface area contributed by atoms with Crippen LogP contribution in [-0.4, -0.2) is 24.2 Å². The lowest BCUT2D eigenvalue weighted by Crippen LogP contribution is -2.18. The van der Waals surface area contributed by atoms with Gasteiger partial charge in [-0.15, -0.1) is 0 Å². The molecule has 1 aliphatic rings. The zero-order valence-electron chi connectivity index (χ0n) is 11.3. The van der Waals surface area contributed by atoms with Crippen molar-refractivity contribution < 1.29 is 19.0 Å². The lowest BCUT2D eigenvalue weighted by molar-refractivity contribution is 0.0692. The molecule has 108 valence electrons. The van der Waals surface area contributed by atoms with Gasteiger partial charge in [0.2, 0.25) is 0 Å². The summed E-state index contributed by atoms with van der Waals surface area (Å²) in [5, 5.41) is 8.90. The summed E-state index contributed by atoms with van der Waals surface area (Å²) in [6, 6.07) is 11.7. The van der Waals surface area contributed by atoms with E-state index in [1.807, 2.05) is 29.2 Å². The van der Waals surface area contributed by atoms with Gasteiger partial charge in [0.05, 0.1) is 17.9 Å². The van der Waals surface area contributed by atoms with E-state index in [0.29, 0.717) is 18.8 Å². The minimum absolute atomic E-state index is 0.321. The molecule has 1 aliphatic heterocycles. The lowest BCUT2D eigenvalue weighted by Gasteiger charge is -2.24. The molecule has 0 atom stereocenters. The molecule has 1 heterocycles. The number of fused-ring (bicyclic) bond motifs is 1. The molecule has 0 aromatic heterocycles. The van der Waals surface area contributed by atoms with Gasteiger partial charge in [-0.25, -0.2) is 9.18 Å². The van der Waals surface area contributed by atoms with Crippen molar-refractivity contribution in [2.24, 2.45) is 0 Å². The molecule has 1 N–H and O–H groups in total. The Morgan fingerprint density at radius 1 is 1.24 bits per heavy atom. The minimum Gasteiger partial charge on any atom is -0.491 e. The van der Waals surface area contributed by atoms with Crippen molar-refractivity contribution in [2.75, 3.05) is 18.1 Å². The van der Waals surface area contributed by atoms with Crippen molar-refractivity contribution in [2.45, 2.75) is 6.42 Å². The highest BCUT2D eigenvalue weighted by Crippen LogP contribution is 2.36. The number of halogens is 1. The second-order valence-corrected chi connectivity index (χ2v) is 4.79. The Bertz CT molecular complexity index is 687. The molecule has 0 fully saturated rings. The van der Waals surface area contributed by atoms with Gasteiger partial charge in [0.25, 0.3) is 0 Å². The summed E-state index contributed by atoms with van der Waals surface area (Å²) in [6.07, 6.45) is 0.803. The van der Waals surface area contributed by atoms with Gasteiger partial charge < -0.3 is 14.7 Å². The second kappa shape index (κ2) is 5.44. The van der Waals surface area contributed by atoms with Gasteiger partial charge in [-0.2, -0.15) is 0 Å². The fraction of sp³-hybridized carbons (Fsp3) is 0.188. The maximum Gasteiger partial charge on any atom is 0.338 e. The van der Waals surface area contributed by atoms with Crippen LogP contribution < -0.4 is 9.64 Å². The van der Waals surface area contributed by atoms with Gasteiger partial charge in [-0.3, -0.25) is 0 Å². The zero-order chi connectivity index (χ0) is 14.8. The first-order chi connectivity index (χ1) is 10.2. The molecule has 21 heavy (non-hydrogen) atoms. The molecular formula is C16H14FNO3. The Morgan fingerprint density at radius 2 is 2.05 bits per heavy atom. The third-order valence-electron chi connectivity index (χ3n) is 3.43. The van der Waals surface area contributed by atoms with Crippen LogP contribution in [0.5, 0.6) is 5.75 Å². The van der Waals surface area contributed by atoms with Crippen LogP contribution in [0.2, 0.25) is 0 Å². The van der Waals surface area contributed by atoms with Crippen LogP contribution >= 0.6 is 0 Å². The molecule has 0 unspecified atom stereocenters. The fourth-order valence-corrected chi connectivity index (χ4v) is 2.44. The van der Waals surface area contributed by atoms with E-state index < -0.39 is 11.8 Å². The molecule has 0 amide bonds. The summed E-state index contributed by atoms with van der Waals surface area (Å²) in [5.74, 6) is -1.25. The zero-order valence-corrected chi connectivity index (χ0v) is 11.3. The average Bonchev–Trinajstić information content (AvgIpc) is 2.69. The number of carboxylic acids is 1. The predicted molar refractivity (Wildman–Crippen MR) is 76.9 cm³/mol. The van der Waals surface area contributed by atoms with Gasteiger partial charge in [-0.05, 0) is 36.8 Å². The maximum absolute atomic E-state index is 13.9. The van der Waals surface area contributed by atoms with E-state index in [2.05, 4.69) is 0 Å². The van der Waals surface area contributed by atoms with Crippen LogP contribution in [0.4, 0.5) is 15.8 Å². The summed E-state index contributed by atoms with van der Waals surface area (Å²) in [7, 11) is 0. The van der Waals surface area contributed by atoms with E-state index in [4.69, 9.17) is 9.84 Å². The SMILES string of the molecule is O=C(O)c1ccc(N2CCCOc3ccccc32)cc1F. The minimum atomic E-state index is -1.27. The molecular weight excluding hydrogens is 273 g/mol. The molecule has 0 bridgehead atoms. The standard InChI is InChI=1S/C16H14FNO3/c17-13-10-11(6-7-12(13)16(19)20)18-8-3-9-21-15-5-2-1-4-14(15)18/h1-2,4-7,10H,3,8-9H2,(H,19,20). The Kier molecular flexibility index (Phi) is 3.48. The Morgan fingerprint density at radius 3 is 2.81 bits per heavy atom. The molecule has 4 nitrogen and oxygen atoms in total. The first-order valence-corrected chi connectivity index (χ1v) is 6.69. The number of nitrogens with zero attached hydrogens (tertiary/aromatic N) is 1. The van der Waals surface area contributed by atoms with E-state index in [-0.39, 0.29) is 5.56 Å². The van der Waals surface area contributed by atoms with Gasteiger partial charge in [0.15, 0.2) is 0 Å². The number of carbonyl (C=O) groups is 1. The smallest absolute Gasteiger partial charge is 0.338 e. The molecule has 0 saturated carbocycles. The number of carboxylic acid groups (broad SMARTS) is 1. The maximum atomic E-state index is 13.9. The number of hydrogen-bond donors (Lipinski definition) is 1. The van der Waals surface area contributed by atoms with Gasteiger partial charge in [-0.1, -0.05) is 12.1 Å². The van der Waals surface area contributed by atoms with Crippen molar-refractivity contribution >= 4 is 17.3 Å². The quantitative estimate of drug-likeness (QED) is 0.919. The molecule has 5 heteroatoms. The number of aromatic carboxylic acids is 1. The topological polar surface area (TPSA) is 49.8 Å². The van der Waals surface area contributed by atoms with Crippen molar-refractivity contribution in [3.63, 3.8) is 0 Å². The number of benzene rings is 2. The second-order valence-electron chi connectivity index (χ2n) is 4.79. The monoisotopic (exact) mass is 287 g/mol. The van der Waals surface area contributed by atoms with E-state index >= 15 is 0 Å². The van der Waals surface area contributed by atoms with Gasteiger partial charge >= 0.3 is 5.97 Å². The number of rotatable bonds is 2. The number of hydrogen-bond acceptors (Lipinski definition) is 3. The van der Waals surface area contributed by atoms with E-state index in [0.717, 1.165) is 17.9 Å². The summed E-state index contributed by atoms with van der Waals surface area (Å²) in [5.41, 5.74) is 1.16. The molecule has 2 aromatic carbocycles. The summed E-state index contributed by atoms with van der Waals surface area (Å²) in [6.45, 7) is 1.28. The Balaban J connectivity index is 2.04. The predicted octanol–water partition coefficient (Wildman–Crippen LogP) is 3.44. The third kappa shape index (κ3) is 2.54. The van der Waals surface area contributed by atoms with E-state index in [9.17, 15) is 9.18 Å². The molecule has 0 saturated heterocycles. The summed E-state index contributed by atoms with van der Waals surface area (Å²) in [4.78, 5) is 12.8. The Hall–Kier alpha value is -2.56. The van der Waals surface area contributed by atoms with Crippen LogP contribution in [0.3, 0.4) is 0 Å². The van der Waals surface area contributed by atoms with Crippen LogP contribution in [0, 0.1) is 5.82 Å². The molecule has 3 rings (SSSR count). The highest BCUT2D eigenvalue weighted by atomic mass is 19.1. The normalized spacial score (nSPS) is 14.0. The van der Waals surface area contributed by atoms with Gasteiger partial charge in [0, 0.05) is 12.2 Å². The Labute approximate surface area is 121 Å². The average molecular weight is 287 g/mol. The molecule has 0 spiro atoms. The van der Waals surface area contributed by atoms with Crippen LogP contribution in [0.1, 0.15) is 16.8 Å². The number of para-hydroxylation sites is 2. The molecule has 0 radical (unpaired) electrons. The fourth-order valence-electron chi connectivity index (χ4n) is 2.44. The lowest BCUT2D eigenvalue weighted by atomic mass is 10.1. The van der Waals surface area contributed by atoms with Crippen LogP contribution in [0.15, 0.2) is 42.5 Å². The van der Waals surface area contributed by atoms with Crippen LogP contribution in [-0.2, 0) is 0 Å². The van der Waals surface area contributed by atoms with Crippen molar-refractivity contribution in [3.8, 4) is 5.75 Å². The first-order valence-electron chi connectivity index (χ1n) is 6.69. The number of ether oxygens (including phenoxy) is 1. The third-order valence-corrected chi connectivity index (χ3v) is 3.43. The van der Waals surface area contributed by atoms with Gasteiger partial charge in [0.1, 0.15) is 11.6 Å².